The number of hydrogen-bond acceptors (Lipinski definition) is 1. The van der Waals surface area contributed by atoms with Gasteiger partial charge in [0.25, 0.3) is 0 Å². The van der Waals surface area contributed by atoms with E-state index in [-0.39, 0.29) is 0 Å². The molecule has 0 unspecified atom stereocenters. The van der Waals surface area contributed by atoms with E-state index in [0.717, 1.165) is 5.33 Å². The molecular weight excluding hydrogens is 214 g/mol. The topological polar surface area (TPSA) is 12.0 Å². The van der Waals surface area contributed by atoms with Crippen LogP contribution in [-0.4, -0.2) is 11.4 Å². The number of para-hydroxylation sites is 1. The van der Waals surface area contributed by atoms with E-state index in [9.17, 15) is 0 Å². The van der Waals surface area contributed by atoms with E-state index in [0.29, 0.717) is 6.04 Å². The normalized spacial score (nSPS) is 21.2. The number of alkyl halides is 1. The first-order valence-electron chi connectivity index (χ1n) is 4.30. The van der Waals surface area contributed by atoms with Crippen molar-refractivity contribution < 1.29 is 0 Å². The molecule has 1 atom stereocenters. The molecule has 12 heavy (non-hydrogen) atoms. The number of nitrogens with one attached hydrogen (secondary N) is 1. The smallest absolute Gasteiger partial charge is 0.0375 e. The third-order valence-electron chi connectivity index (χ3n) is 2.33. The SMILES string of the molecule is BrC[C@@H]1CCc2ccccc2N1. The van der Waals surface area contributed by atoms with Crippen LogP contribution in [0, 0.1) is 0 Å². The Bertz CT molecular complexity index is 272. The summed E-state index contributed by atoms with van der Waals surface area (Å²) in [6.07, 6.45) is 2.45. The average molecular weight is 226 g/mol. The van der Waals surface area contributed by atoms with Crippen molar-refractivity contribution in [1.82, 2.24) is 0 Å². The Morgan fingerprint density at radius 3 is 3.08 bits per heavy atom. The molecule has 1 heterocycles. The van der Waals surface area contributed by atoms with Gasteiger partial charge in [-0.15, -0.1) is 0 Å². The van der Waals surface area contributed by atoms with Crippen molar-refractivity contribution in [3.63, 3.8) is 0 Å². The van der Waals surface area contributed by atoms with Gasteiger partial charge in [0.05, 0.1) is 0 Å². The molecule has 1 aromatic carbocycles. The maximum absolute atomic E-state index is 3.50. The lowest BCUT2D eigenvalue weighted by molar-refractivity contribution is 0.692. The zero-order valence-corrected chi connectivity index (χ0v) is 8.47. The number of rotatable bonds is 1. The van der Waals surface area contributed by atoms with Crippen molar-refractivity contribution in [3.8, 4) is 0 Å². The number of halogens is 1. The van der Waals surface area contributed by atoms with Crippen molar-refractivity contribution in [1.29, 1.82) is 0 Å². The number of hydrogen-bond donors (Lipinski definition) is 1. The van der Waals surface area contributed by atoms with E-state index >= 15 is 0 Å². The Hall–Kier alpha value is -0.500. The second-order valence-electron chi connectivity index (χ2n) is 3.19. The van der Waals surface area contributed by atoms with Gasteiger partial charge in [-0.2, -0.15) is 0 Å². The van der Waals surface area contributed by atoms with Crippen LogP contribution in [-0.2, 0) is 6.42 Å². The molecule has 1 aliphatic rings. The van der Waals surface area contributed by atoms with Gasteiger partial charge in [0.15, 0.2) is 0 Å². The molecule has 0 saturated carbocycles. The van der Waals surface area contributed by atoms with Gasteiger partial charge in [-0.05, 0) is 24.5 Å². The number of fused-ring (bicyclic) bond motifs is 1. The zero-order chi connectivity index (χ0) is 8.39. The maximum atomic E-state index is 3.50. The lowest BCUT2D eigenvalue weighted by Gasteiger charge is -2.25. The molecule has 0 radical (unpaired) electrons. The van der Waals surface area contributed by atoms with Crippen LogP contribution in [0.2, 0.25) is 0 Å². The van der Waals surface area contributed by atoms with E-state index in [1.165, 1.54) is 24.1 Å². The first-order valence-corrected chi connectivity index (χ1v) is 5.42. The van der Waals surface area contributed by atoms with Crippen LogP contribution in [0.3, 0.4) is 0 Å². The summed E-state index contributed by atoms with van der Waals surface area (Å²) in [6.45, 7) is 0. The first-order chi connectivity index (χ1) is 5.90. The summed E-state index contributed by atoms with van der Waals surface area (Å²) in [7, 11) is 0. The second-order valence-corrected chi connectivity index (χ2v) is 3.84. The highest BCUT2D eigenvalue weighted by atomic mass is 79.9. The largest absolute Gasteiger partial charge is 0.381 e. The first kappa shape index (κ1) is 8.11. The minimum atomic E-state index is 0.611. The Morgan fingerprint density at radius 1 is 1.42 bits per heavy atom. The molecule has 0 amide bonds. The summed E-state index contributed by atoms with van der Waals surface area (Å²) in [5.41, 5.74) is 2.77. The van der Waals surface area contributed by atoms with Crippen molar-refractivity contribution >= 4 is 21.6 Å². The van der Waals surface area contributed by atoms with Crippen LogP contribution in [0.5, 0.6) is 0 Å². The summed E-state index contributed by atoms with van der Waals surface area (Å²) >= 11 is 3.50. The Morgan fingerprint density at radius 2 is 2.25 bits per heavy atom. The molecule has 0 bridgehead atoms. The minimum Gasteiger partial charge on any atom is -0.381 e. The molecule has 0 fully saturated rings. The number of anilines is 1. The molecule has 2 rings (SSSR count). The average Bonchev–Trinajstić information content (AvgIpc) is 2.17. The molecular formula is C10H12BrN. The molecule has 64 valence electrons. The van der Waals surface area contributed by atoms with Crippen molar-refractivity contribution in [2.45, 2.75) is 18.9 Å². The zero-order valence-electron chi connectivity index (χ0n) is 6.89. The van der Waals surface area contributed by atoms with Gasteiger partial charge in [0.2, 0.25) is 0 Å². The molecule has 1 N–H and O–H groups in total. The highest BCUT2D eigenvalue weighted by Gasteiger charge is 2.14. The van der Waals surface area contributed by atoms with Crippen molar-refractivity contribution in [2.24, 2.45) is 0 Å². The fourth-order valence-corrected chi connectivity index (χ4v) is 2.10. The molecule has 1 nitrogen and oxygen atoms in total. The minimum absolute atomic E-state index is 0.611. The van der Waals surface area contributed by atoms with Gasteiger partial charge in [-0.1, -0.05) is 34.1 Å². The lowest BCUT2D eigenvalue weighted by atomic mass is 9.99. The molecule has 2 heteroatoms. The number of benzene rings is 1. The Kier molecular flexibility index (Phi) is 2.35. The van der Waals surface area contributed by atoms with E-state index in [1.807, 2.05) is 0 Å². The third kappa shape index (κ3) is 1.48. The van der Waals surface area contributed by atoms with Crippen LogP contribution in [0.15, 0.2) is 24.3 Å². The van der Waals surface area contributed by atoms with Crippen molar-refractivity contribution in [2.75, 3.05) is 10.6 Å². The summed E-state index contributed by atoms with van der Waals surface area (Å²) in [5.74, 6) is 0. The number of aryl methyl sites for hydroxylation is 1. The van der Waals surface area contributed by atoms with Crippen molar-refractivity contribution in [3.05, 3.63) is 29.8 Å². The van der Waals surface area contributed by atoms with Gasteiger partial charge < -0.3 is 5.32 Å². The molecule has 0 saturated heterocycles. The fourth-order valence-electron chi connectivity index (χ4n) is 1.62. The summed E-state index contributed by atoms with van der Waals surface area (Å²) in [6, 6.07) is 9.16. The van der Waals surface area contributed by atoms with Gasteiger partial charge in [0, 0.05) is 17.1 Å². The van der Waals surface area contributed by atoms with E-state index in [4.69, 9.17) is 0 Å². The van der Waals surface area contributed by atoms with Crippen LogP contribution in [0.4, 0.5) is 5.69 Å². The standard InChI is InChI=1S/C10H12BrN/c11-7-9-6-5-8-3-1-2-4-10(8)12-9/h1-4,9,12H,5-7H2/t9-/m0/s1. The Labute approximate surface area is 81.3 Å². The van der Waals surface area contributed by atoms with E-state index < -0.39 is 0 Å². The van der Waals surface area contributed by atoms with Crippen LogP contribution in [0.25, 0.3) is 0 Å². The fraction of sp³-hybridized carbons (Fsp3) is 0.400. The van der Waals surface area contributed by atoms with Gasteiger partial charge in [-0.25, -0.2) is 0 Å². The molecule has 1 aromatic rings. The predicted molar refractivity (Wildman–Crippen MR) is 56.0 cm³/mol. The van der Waals surface area contributed by atoms with E-state index in [1.54, 1.807) is 0 Å². The highest BCUT2D eigenvalue weighted by molar-refractivity contribution is 9.09. The predicted octanol–water partition coefficient (Wildman–Crippen LogP) is 2.81. The molecule has 0 aromatic heterocycles. The van der Waals surface area contributed by atoms with Crippen LogP contribution >= 0.6 is 15.9 Å². The van der Waals surface area contributed by atoms with Gasteiger partial charge in [0.1, 0.15) is 0 Å². The molecule has 0 spiro atoms. The third-order valence-corrected chi connectivity index (χ3v) is 3.11. The lowest BCUT2D eigenvalue weighted by Crippen LogP contribution is -2.26. The summed E-state index contributed by atoms with van der Waals surface area (Å²) in [5, 5.41) is 4.54. The van der Waals surface area contributed by atoms with Gasteiger partial charge in [-0.3, -0.25) is 0 Å². The molecule has 1 aliphatic heterocycles. The summed E-state index contributed by atoms with van der Waals surface area (Å²) < 4.78 is 0. The van der Waals surface area contributed by atoms with E-state index in [2.05, 4.69) is 45.5 Å². The Balaban J connectivity index is 2.23. The molecule has 0 aliphatic carbocycles. The second kappa shape index (κ2) is 3.48. The summed E-state index contributed by atoms with van der Waals surface area (Å²) in [4.78, 5) is 0. The maximum Gasteiger partial charge on any atom is 0.0375 e. The van der Waals surface area contributed by atoms with Crippen LogP contribution < -0.4 is 5.32 Å². The van der Waals surface area contributed by atoms with Crippen LogP contribution in [0.1, 0.15) is 12.0 Å². The van der Waals surface area contributed by atoms with Gasteiger partial charge >= 0.3 is 0 Å². The highest BCUT2D eigenvalue weighted by Crippen LogP contribution is 2.24. The monoisotopic (exact) mass is 225 g/mol. The quantitative estimate of drug-likeness (QED) is 0.726.